The number of hydrogen-bond acceptors (Lipinski definition) is 6. The number of rotatable bonds is 8. The molecule has 158 valence electrons. The van der Waals surface area contributed by atoms with E-state index in [-0.39, 0.29) is 10.7 Å². The maximum absolute atomic E-state index is 14.3. The molecule has 3 aromatic rings. The van der Waals surface area contributed by atoms with Gasteiger partial charge in [-0.15, -0.1) is 0 Å². The first-order chi connectivity index (χ1) is 14.3. The number of carboxylic acids is 1. The third-order valence-electron chi connectivity index (χ3n) is 4.93. The van der Waals surface area contributed by atoms with Gasteiger partial charge in [0.25, 0.3) is 0 Å². The van der Waals surface area contributed by atoms with Gasteiger partial charge in [-0.1, -0.05) is 24.6 Å². The number of likely N-dealkylation sites (N-methyl/N-ethyl adjacent to an activating group) is 1. The summed E-state index contributed by atoms with van der Waals surface area (Å²) >= 11 is 5.87. The van der Waals surface area contributed by atoms with E-state index in [0.29, 0.717) is 35.6 Å². The molecule has 0 saturated heterocycles. The van der Waals surface area contributed by atoms with Gasteiger partial charge < -0.3 is 15.2 Å². The van der Waals surface area contributed by atoms with Crippen molar-refractivity contribution in [3.63, 3.8) is 0 Å². The van der Waals surface area contributed by atoms with Crippen molar-refractivity contribution < 1.29 is 19.0 Å². The van der Waals surface area contributed by atoms with Crippen LogP contribution in [0, 0.1) is 5.82 Å². The van der Waals surface area contributed by atoms with E-state index in [1.807, 2.05) is 13.0 Å². The van der Waals surface area contributed by atoms with E-state index in [0.717, 1.165) is 5.56 Å². The fraction of sp³-hybridized carbons (Fsp3) is 0.286. The Hall–Kier alpha value is -2.97. The van der Waals surface area contributed by atoms with Gasteiger partial charge in [0.05, 0.1) is 23.3 Å². The second kappa shape index (κ2) is 9.23. The Morgan fingerprint density at radius 2 is 2.13 bits per heavy atom. The number of nitrogens with zero attached hydrogens (tertiary/aromatic N) is 3. The fourth-order valence-corrected chi connectivity index (χ4v) is 3.34. The van der Waals surface area contributed by atoms with E-state index in [1.165, 1.54) is 12.4 Å². The zero-order valence-corrected chi connectivity index (χ0v) is 17.6. The van der Waals surface area contributed by atoms with Gasteiger partial charge in [0.2, 0.25) is 0 Å². The molecule has 0 aliphatic heterocycles. The SMILES string of the molecule is CCN(Cc1cc2c(Nc3cccc(Cl)c3F)ncnc2cc1OC)[C@H](C)C(=O)O. The number of carboxylic acid groups (broad SMARTS) is 1. The van der Waals surface area contributed by atoms with E-state index in [9.17, 15) is 14.3 Å². The summed E-state index contributed by atoms with van der Waals surface area (Å²) in [5, 5.41) is 13.0. The Bertz CT molecular complexity index is 1080. The van der Waals surface area contributed by atoms with Gasteiger partial charge >= 0.3 is 5.97 Å². The molecular weight excluding hydrogens is 411 g/mol. The minimum absolute atomic E-state index is 0.00182. The lowest BCUT2D eigenvalue weighted by atomic mass is 10.1. The molecule has 1 atom stereocenters. The smallest absolute Gasteiger partial charge is 0.320 e. The average molecular weight is 433 g/mol. The number of carbonyl (C=O) groups is 1. The molecule has 7 nitrogen and oxygen atoms in total. The molecule has 9 heteroatoms. The third-order valence-corrected chi connectivity index (χ3v) is 5.22. The second-order valence-corrected chi connectivity index (χ2v) is 7.11. The van der Waals surface area contributed by atoms with Crippen LogP contribution in [-0.2, 0) is 11.3 Å². The van der Waals surface area contributed by atoms with E-state index < -0.39 is 17.8 Å². The molecular formula is C21H22ClFN4O3. The summed E-state index contributed by atoms with van der Waals surface area (Å²) in [7, 11) is 1.54. The number of benzene rings is 2. The second-order valence-electron chi connectivity index (χ2n) is 6.71. The quantitative estimate of drug-likeness (QED) is 0.543. The van der Waals surface area contributed by atoms with Crippen LogP contribution < -0.4 is 10.1 Å². The minimum Gasteiger partial charge on any atom is -0.496 e. The highest BCUT2D eigenvalue weighted by Crippen LogP contribution is 2.32. The predicted molar refractivity (Wildman–Crippen MR) is 114 cm³/mol. The predicted octanol–water partition coefficient (Wildman–Crippen LogP) is 4.47. The van der Waals surface area contributed by atoms with Crippen molar-refractivity contribution in [2.45, 2.75) is 26.4 Å². The summed E-state index contributed by atoms with van der Waals surface area (Å²) in [5.74, 6) is -0.498. The summed E-state index contributed by atoms with van der Waals surface area (Å²) in [6.45, 7) is 4.42. The largest absolute Gasteiger partial charge is 0.496 e. The first-order valence-corrected chi connectivity index (χ1v) is 9.73. The van der Waals surface area contributed by atoms with Crippen molar-refractivity contribution >= 4 is 40.0 Å². The van der Waals surface area contributed by atoms with E-state index in [4.69, 9.17) is 16.3 Å². The molecule has 0 bridgehead atoms. The normalized spacial score (nSPS) is 12.2. The van der Waals surface area contributed by atoms with Crippen LogP contribution >= 0.6 is 11.6 Å². The van der Waals surface area contributed by atoms with Gasteiger partial charge in [-0.05, 0) is 31.7 Å². The number of nitrogens with one attached hydrogen (secondary N) is 1. The van der Waals surface area contributed by atoms with Crippen molar-refractivity contribution in [3.8, 4) is 5.75 Å². The van der Waals surface area contributed by atoms with Crippen LogP contribution in [0.25, 0.3) is 10.9 Å². The molecule has 0 amide bonds. The lowest BCUT2D eigenvalue weighted by molar-refractivity contribution is -0.142. The Kier molecular flexibility index (Phi) is 6.69. The summed E-state index contributed by atoms with van der Waals surface area (Å²) in [6, 6.07) is 7.58. The summed E-state index contributed by atoms with van der Waals surface area (Å²) in [4.78, 5) is 21.8. The molecule has 0 unspecified atom stereocenters. The Labute approximate surface area is 178 Å². The number of fused-ring (bicyclic) bond motifs is 1. The number of methoxy groups -OCH3 is 1. The molecule has 0 fully saturated rings. The summed E-state index contributed by atoms with van der Waals surface area (Å²) in [6.07, 6.45) is 1.37. The van der Waals surface area contributed by atoms with Crippen molar-refractivity contribution in [2.24, 2.45) is 0 Å². The highest BCUT2D eigenvalue weighted by atomic mass is 35.5. The maximum atomic E-state index is 14.3. The van der Waals surface area contributed by atoms with E-state index in [2.05, 4.69) is 15.3 Å². The van der Waals surface area contributed by atoms with Crippen molar-refractivity contribution in [1.29, 1.82) is 0 Å². The molecule has 0 aliphatic rings. The van der Waals surface area contributed by atoms with Crippen molar-refractivity contribution in [2.75, 3.05) is 19.0 Å². The van der Waals surface area contributed by atoms with Crippen LogP contribution in [0.3, 0.4) is 0 Å². The zero-order chi connectivity index (χ0) is 21.8. The van der Waals surface area contributed by atoms with Gasteiger partial charge in [-0.3, -0.25) is 9.69 Å². The third kappa shape index (κ3) is 4.44. The highest BCUT2D eigenvalue weighted by molar-refractivity contribution is 6.31. The molecule has 30 heavy (non-hydrogen) atoms. The van der Waals surface area contributed by atoms with Crippen LogP contribution in [0.5, 0.6) is 5.75 Å². The minimum atomic E-state index is -0.904. The first-order valence-electron chi connectivity index (χ1n) is 9.35. The number of ether oxygens (including phenoxy) is 1. The first kappa shape index (κ1) is 21.7. The summed E-state index contributed by atoms with van der Waals surface area (Å²) < 4.78 is 19.8. The summed E-state index contributed by atoms with van der Waals surface area (Å²) in [5.41, 5.74) is 1.56. The van der Waals surface area contributed by atoms with Gasteiger partial charge in [-0.25, -0.2) is 14.4 Å². The molecule has 3 rings (SSSR count). The highest BCUT2D eigenvalue weighted by Gasteiger charge is 2.21. The average Bonchev–Trinajstić information content (AvgIpc) is 2.74. The van der Waals surface area contributed by atoms with Crippen LogP contribution in [0.4, 0.5) is 15.9 Å². The maximum Gasteiger partial charge on any atom is 0.320 e. The molecule has 0 aliphatic carbocycles. The Balaban J connectivity index is 2.05. The van der Waals surface area contributed by atoms with E-state index in [1.54, 1.807) is 37.1 Å². The zero-order valence-electron chi connectivity index (χ0n) is 16.8. The van der Waals surface area contributed by atoms with Gasteiger partial charge in [0, 0.05) is 23.6 Å². The molecule has 1 heterocycles. The lowest BCUT2D eigenvalue weighted by Gasteiger charge is -2.25. The van der Waals surface area contributed by atoms with Crippen LogP contribution in [0.2, 0.25) is 5.02 Å². The van der Waals surface area contributed by atoms with Gasteiger partial charge in [0.15, 0.2) is 5.82 Å². The molecule has 2 aromatic carbocycles. The molecule has 0 radical (unpaired) electrons. The van der Waals surface area contributed by atoms with E-state index >= 15 is 0 Å². The van der Waals surface area contributed by atoms with Gasteiger partial charge in [-0.2, -0.15) is 0 Å². The standard InChI is InChI=1S/C21H22ClFN4O3/c1-4-27(12(2)21(28)29)10-13-8-14-17(9-18(13)30-3)24-11-25-20(14)26-16-7-5-6-15(22)19(16)23/h5-9,11-12H,4,10H2,1-3H3,(H,28,29)(H,24,25,26)/t12-/m1/s1. The monoisotopic (exact) mass is 432 g/mol. The Morgan fingerprint density at radius 1 is 1.37 bits per heavy atom. The molecule has 2 N–H and O–H groups in total. The fourth-order valence-electron chi connectivity index (χ4n) is 3.17. The van der Waals surface area contributed by atoms with Crippen LogP contribution in [0.1, 0.15) is 19.4 Å². The number of aromatic nitrogens is 2. The number of halogens is 2. The van der Waals surface area contributed by atoms with Crippen LogP contribution in [0.15, 0.2) is 36.7 Å². The number of aliphatic carboxylic acids is 1. The topological polar surface area (TPSA) is 87.6 Å². The number of hydrogen-bond donors (Lipinski definition) is 2. The van der Waals surface area contributed by atoms with Gasteiger partial charge in [0.1, 0.15) is 23.9 Å². The molecule has 0 spiro atoms. The Morgan fingerprint density at radius 3 is 2.80 bits per heavy atom. The number of anilines is 2. The van der Waals surface area contributed by atoms with Crippen molar-refractivity contribution in [1.82, 2.24) is 14.9 Å². The lowest BCUT2D eigenvalue weighted by Crippen LogP contribution is -2.38. The van der Waals surface area contributed by atoms with Crippen LogP contribution in [-0.4, -0.2) is 45.6 Å². The molecule has 1 aromatic heterocycles. The molecule has 0 saturated carbocycles. The van der Waals surface area contributed by atoms with Crippen molar-refractivity contribution in [3.05, 3.63) is 53.1 Å².